The molecule has 3 atom stereocenters. The third kappa shape index (κ3) is 3.94. The summed E-state index contributed by atoms with van der Waals surface area (Å²) in [5.41, 5.74) is 0. The fraction of sp³-hybridized carbons (Fsp3) is 0.923. The Bertz CT molecular complexity index is 189. The van der Waals surface area contributed by atoms with Crippen LogP contribution >= 0.6 is 0 Å². The number of ether oxygens (including phenoxy) is 1. The molecule has 0 aromatic heterocycles. The maximum Gasteiger partial charge on any atom is 0.122 e. The van der Waals surface area contributed by atoms with Crippen molar-refractivity contribution in [3.8, 4) is 0 Å². The molecule has 0 saturated heterocycles. The molecule has 0 N–H and O–H groups in total. The second-order valence-corrected chi connectivity index (χ2v) is 5.19. The Kier molecular flexibility index (Phi) is 5.30. The molecule has 0 radical (unpaired) electrons. The molecule has 0 spiro atoms. The largest absolute Gasteiger partial charge is 0.377 e. The third-order valence-corrected chi connectivity index (χ3v) is 3.53. The Hall–Kier alpha value is -0.370. The van der Waals surface area contributed by atoms with Crippen LogP contribution in [0.3, 0.4) is 0 Å². The predicted molar refractivity (Wildman–Crippen MR) is 61.8 cm³/mol. The van der Waals surface area contributed by atoms with Crippen molar-refractivity contribution in [3.05, 3.63) is 0 Å². The molecular weight excluding hydrogens is 188 g/mol. The van der Waals surface area contributed by atoms with Gasteiger partial charge in [0.15, 0.2) is 0 Å². The zero-order valence-electron chi connectivity index (χ0n) is 10.2. The second-order valence-electron chi connectivity index (χ2n) is 5.19. The summed E-state index contributed by atoms with van der Waals surface area (Å²) in [5.74, 6) is 2.16. The van der Waals surface area contributed by atoms with Crippen LogP contribution in [0.15, 0.2) is 0 Å². The van der Waals surface area contributed by atoms with Crippen LogP contribution in [0.5, 0.6) is 0 Å². The monoisotopic (exact) mass is 212 g/mol. The van der Waals surface area contributed by atoms with E-state index >= 15 is 0 Å². The fourth-order valence-electron chi connectivity index (χ4n) is 2.57. The van der Waals surface area contributed by atoms with E-state index in [2.05, 4.69) is 20.8 Å². The molecule has 2 heteroatoms. The standard InChI is InChI=1S/C13H24O2/c1-10(2)12-6-5-11(3)9-13(12)15-8-4-7-14/h7,10-13H,4-6,8-9H2,1-3H3. The van der Waals surface area contributed by atoms with E-state index in [1.54, 1.807) is 0 Å². The van der Waals surface area contributed by atoms with Crippen molar-refractivity contribution >= 4 is 6.29 Å². The van der Waals surface area contributed by atoms with E-state index in [1.165, 1.54) is 19.3 Å². The summed E-state index contributed by atoms with van der Waals surface area (Å²) < 4.78 is 5.84. The lowest BCUT2D eigenvalue weighted by atomic mass is 9.75. The van der Waals surface area contributed by atoms with Gasteiger partial charge in [0.1, 0.15) is 6.29 Å². The topological polar surface area (TPSA) is 26.3 Å². The molecule has 0 heterocycles. The first-order valence-electron chi connectivity index (χ1n) is 6.20. The molecule has 15 heavy (non-hydrogen) atoms. The SMILES string of the molecule is CC1CCC(C(C)C)C(OCCC=O)C1. The fourth-order valence-corrected chi connectivity index (χ4v) is 2.57. The van der Waals surface area contributed by atoms with Crippen LogP contribution in [0.4, 0.5) is 0 Å². The molecule has 1 saturated carbocycles. The molecule has 1 fully saturated rings. The van der Waals surface area contributed by atoms with Gasteiger partial charge in [-0.2, -0.15) is 0 Å². The van der Waals surface area contributed by atoms with Crippen molar-refractivity contribution in [1.82, 2.24) is 0 Å². The molecule has 0 amide bonds. The van der Waals surface area contributed by atoms with Crippen LogP contribution in [0.2, 0.25) is 0 Å². The van der Waals surface area contributed by atoms with E-state index in [0.29, 0.717) is 31.0 Å². The maximum absolute atomic E-state index is 10.2. The van der Waals surface area contributed by atoms with Crippen molar-refractivity contribution in [3.63, 3.8) is 0 Å². The smallest absolute Gasteiger partial charge is 0.122 e. The Morgan fingerprint density at radius 3 is 2.73 bits per heavy atom. The molecule has 3 unspecified atom stereocenters. The zero-order chi connectivity index (χ0) is 11.3. The van der Waals surface area contributed by atoms with Gasteiger partial charge >= 0.3 is 0 Å². The van der Waals surface area contributed by atoms with E-state index in [1.807, 2.05) is 0 Å². The summed E-state index contributed by atoms with van der Waals surface area (Å²) >= 11 is 0. The Balaban J connectivity index is 2.42. The van der Waals surface area contributed by atoms with Crippen LogP contribution in [-0.2, 0) is 9.53 Å². The maximum atomic E-state index is 10.2. The van der Waals surface area contributed by atoms with Crippen molar-refractivity contribution in [1.29, 1.82) is 0 Å². The lowest BCUT2D eigenvalue weighted by Crippen LogP contribution is -2.34. The average Bonchev–Trinajstić information content (AvgIpc) is 2.18. The first-order valence-corrected chi connectivity index (χ1v) is 6.20. The van der Waals surface area contributed by atoms with Crippen LogP contribution < -0.4 is 0 Å². The zero-order valence-corrected chi connectivity index (χ0v) is 10.2. The minimum Gasteiger partial charge on any atom is -0.377 e. The van der Waals surface area contributed by atoms with Crippen LogP contribution in [0.25, 0.3) is 0 Å². The Morgan fingerprint density at radius 2 is 2.13 bits per heavy atom. The van der Waals surface area contributed by atoms with Gasteiger partial charge in [-0.15, -0.1) is 0 Å². The molecule has 1 aliphatic rings. The van der Waals surface area contributed by atoms with Gasteiger partial charge in [-0.1, -0.05) is 27.2 Å². The molecule has 0 aromatic rings. The van der Waals surface area contributed by atoms with E-state index < -0.39 is 0 Å². The summed E-state index contributed by atoms with van der Waals surface area (Å²) in [5, 5.41) is 0. The molecule has 1 aliphatic carbocycles. The highest BCUT2D eigenvalue weighted by Crippen LogP contribution is 2.35. The van der Waals surface area contributed by atoms with E-state index in [4.69, 9.17) is 4.74 Å². The van der Waals surface area contributed by atoms with Crippen LogP contribution in [-0.4, -0.2) is 19.0 Å². The first kappa shape index (κ1) is 12.7. The molecule has 0 aromatic carbocycles. The minimum absolute atomic E-state index is 0.383. The summed E-state index contributed by atoms with van der Waals surface area (Å²) in [6.07, 6.45) is 5.64. The summed E-state index contributed by atoms with van der Waals surface area (Å²) in [6, 6.07) is 0. The van der Waals surface area contributed by atoms with Gasteiger partial charge in [0.2, 0.25) is 0 Å². The lowest BCUT2D eigenvalue weighted by molar-refractivity contribution is -0.110. The van der Waals surface area contributed by atoms with Crippen molar-refractivity contribution in [2.24, 2.45) is 17.8 Å². The van der Waals surface area contributed by atoms with E-state index in [-0.39, 0.29) is 0 Å². The molecular formula is C13H24O2. The highest BCUT2D eigenvalue weighted by Gasteiger charge is 2.30. The Morgan fingerprint density at radius 1 is 1.40 bits per heavy atom. The van der Waals surface area contributed by atoms with Crippen LogP contribution in [0, 0.1) is 17.8 Å². The molecule has 88 valence electrons. The summed E-state index contributed by atoms with van der Waals surface area (Å²) in [6.45, 7) is 7.45. The van der Waals surface area contributed by atoms with Gasteiger partial charge in [-0.05, 0) is 30.6 Å². The minimum atomic E-state index is 0.383. The van der Waals surface area contributed by atoms with E-state index in [9.17, 15) is 4.79 Å². The number of hydrogen-bond donors (Lipinski definition) is 0. The van der Waals surface area contributed by atoms with Gasteiger partial charge in [-0.25, -0.2) is 0 Å². The first-order chi connectivity index (χ1) is 7.15. The third-order valence-electron chi connectivity index (χ3n) is 3.53. The van der Waals surface area contributed by atoms with E-state index in [0.717, 1.165) is 12.2 Å². The van der Waals surface area contributed by atoms with Gasteiger partial charge in [-0.3, -0.25) is 0 Å². The molecule has 0 bridgehead atoms. The number of rotatable bonds is 5. The Labute approximate surface area is 93.4 Å². The highest BCUT2D eigenvalue weighted by atomic mass is 16.5. The quantitative estimate of drug-likeness (QED) is 0.517. The predicted octanol–water partition coefficient (Wildman–Crippen LogP) is 3.05. The van der Waals surface area contributed by atoms with Crippen molar-refractivity contribution in [2.45, 2.75) is 52.6 Å². The lowest BCUT2D eigenvalue weighted by Gasteiger charge is -2.37. The number of aldehydes is 1. The number of carbonyl (C=O) groups is 1. The second kappa shape index (κ2) is 6.26. The van der Waals surface area contributed by atoms with Gasteiger partial charge < -0.3 is 9.53 Å². The van der Waals surface area contributed by atoms with Gasteiger partial charge in [0.25, 0.3) is 0 Å². The summed E-state index contributed by atoms with van der Waals surface area (Å²) in [4.78, 5) is 10.2. The van der Waals surface area contributed by atoms with Gasteiger partial charge in [0, 0.05) is 6.42 Å². The summed E-state index contributed by atoms with van der Waals surface area (Å²) in [7, 11) is 0. The van der Waals surface area contributed by atoms with Crippen LogP contribution in [0.1, 0.15) is 46.5 Å². The number of hydrogen-bond acceptors (Lipinski definition) is 2. The molecule has 1 rings (SSSR count). The normalized spacial score (nSPS) is 31.9. The number of carbonyl (C=O) groups excluding carboxylic acids is 1. The van der Waals surface area contributed by atoms with Gasteiger partial charge in [0.05, 0.1) is 12.7 Å². The van der Waals surface area contributed by atoms with Crippen molar-refractivity contribution in [2.75, 3.05) is 6.61 Å². The molecule has 0 aliphatic heterocycles. The average molecular weight is 212 g/mol. The van der Waals surface area contributed by atoms with Crippen molar-refractivity contribution < 1.29 is 9.53 Å². The molecule has 2 nitrogen and oxygen atoms in total. The highest BCUT2D eigenvalue weighted by molar-refractivity contribution is 5.49.